The molecule has 9 heteroatoms. The summed E-state index contributed by atoms with van der Waals surface area (Å²) < 4.78 is 25.8. The van der Waals surface area contributed by atoms with Crippen molar-refractivity contribution in [3.63, 3.8) is 0 Å². The summed E-state index contributed by atoms with van der Waals surface area (Å²) in [5.74, 6) is -2.70. The van der Waals surface area contributed by atoms with Gasteiger partial charge in [0.05, 0.1) is 12.0 Å². The van der Waals surface area contributed by atoms with E-state index in [0.29, 0.717) is 6.42 Å². The van der Waals surface area contributed by atoms with Crippen LogP contribution in [-0.2, 0) is 42.9 Å². The van der Waals surface area contributed by atoms with Gasteiger partial charge < -0.3 is 23.7 Å². The average Bonchev–Trinajstić information content (AvgIpc) is 2.87. The van der Waals surface area contributed by atoms with Gasteiger partial charge in [0.2, 0.25) is 6.10 Å². The van der Waals surface area contributed by atoms with Gasteiger partial charge in [-0.1, -0.05) is 13.3 Å². The van der Waals surface area contributed by atoms with E-state index in [9.17, 15) is 19.2 Å². The number of rotatable bonds is 10. The fourth-order valence-electron chi connectivity index (χ4n) is 2.04. The molecule has 0 amide bonds. The predicted molar refractivity (Wildman–Crippen MR) is 90.9 cm³/mol. The summed E-state index contributed by atoms with van der Waals surface area (Å²) in [5, 5.41) is 0. The molecular weight excluding hydrogens is 360 g/mol. The first-order chi connectivity index (χ1) is 12.6. The highest BCUT2D eigenvalue weighted by Gasteiger charge is 2.46. The molecule has 0 bridgehead atoms. The SMILES string of the molecule is CCCCOC1=C(OC(=O)C(C)(C)C)C(=O)O[C@@H]1[C@H](COC=O)OC(C)=O. The van der Waals surface area contributed by atoms with Crippen LogP contribution in [0.3, 0.4) is 0 Å². The molecule has 0 saturated carbocycles. The Labute approximate surface area is 157 Å². The summed E-state index contributed by atoms with van der Waals surface area (Å²) in [4.78, 5) is 46.3. The monoisotopic (exact) mass is 386 g/mol. The van der Waals surface area contributed by atoms with E-state index in [0.717, 1.165) is 13.3 Å². The van der Waals surface area contributed by atoms with Crippen LogP contribution < -0.4 is 0 Å². The highest BCUT2D eigenvalue weighted by molar-refractivity contribution is 5.93. The van der Waals surface area contributed by atoms with Crippen molar-refractivity contribution in [2.24, 2.45) is 5.41 Å². The zero-order chi connectivity index (χ0) is 20.6. The molecule has 0 radical (unpaired) electrons. The second-order valence-corrected chi connectivity index (χ2v) is 6.94. The van der Waals surface area contributed by atoms with Gasteiger partial charge in [0.25, 0.3) is 12.2 Å². The number of hydrogen-bond acceptors (Lipinski definition) is 9. The van der Waals surface area contributed by atoms with Crippen LogP contribution in [0.2, 0.25) is 0 Å². The molecule has 2 atom stereocenters. The first-order valence-corrected chi connectivity index (χ1v) is 8.64. The number of cyclic esters (lactones) is 1. The molecule has 0 saturated heterocycles. The zero-order valence-corrected chi connectivity index (χ0v) is 16.2. The Kier molecular flexibility index (Phi) is 8.27. The van der Waals surface area contributed by atoms with Crippen LogP contribution in [-0.4, -0.2) is 49.8 Å². The maximum atomic E-state index is 12.3. The summed E-state index contributed by atoms with van der Waals surface area (Å²) in [6, 6.07) is 0. The van der Waals surface area contributed by atoms with Gasteiger partial charge in [0.1, 0.15) is 6.61 Å². The predicted octanol–water partition coefficient (Wildman–Crippen LogP) is 1.63. The fraction of sp³-hybridized carbons (Fsp3) is 0.667. The quantitative estimate of drug-likeness (QED) is 0.239. The highest BCUT2D eigenvalue weighted by Crippen LogP contribution is 2.31. The van der Waals surface area contributed by atoms with E-state index in [1.165, 1.54) is 0 Å². The van der Waals surface area contributed by atoms with Gasteiger partial charge >= 0.3 is 17.9 Å². The van der Waals surface area contributed by atoms with E-state index in [1.54, 1.807) is 20.8 Å². The van der Waals surface area contributed by atoms with Gasteiger partial charge in [-0.3, -0.25) is 14.4 Å². The molecule has 0 N–H and O–H groups in total. The normalized spacial score (nSPS) is 17.8. The minimum atomic E-state index is -1.19. The van der Waals surface area contributed by atoms with E-state index < -0.39 is 35.5 Å². The maximum absolute atomic E-state index is 12.3. The number of hydrogen-bond donors (Lipinski definition) is 0. The van der Waals surface area contributed by atoms with Gasteiger partial charge in [-0.15, -0.1) is 0 Å². The van der Waals surface area contributed by atoms with Crippen molar-refractivity contribution in [3.05, 3.63) is 11.5 Å². The zero-order valence-electron chi connectivity index (χ0n) is 16.2. The van der Waals surface area contributed by atoms with Crippen molar-refractivity contribution in [2.45, 2.75) is 59.7 Å². The molecule has 0 aromatic carbocycles. The van der Waals surface area contributed by atoms with E-state index >= 15 is 0 Å². The number of esters is 3. The standard InChI is InChI=1S/C18H26O9/c1-6-7-8-24-14-13(12(9-23-10-19)25-11(2)20)26-16(21)15(14)27-17(22)18(3,4)5/h10,12-13H,6-9H2,1-5H3/t12-,13+/m0/s1. The molecular formula is C18H26O9. The summed E-state index contributed by atoms with van der Waals surface area (Å²) in [7, 11) is 0. The van der Waals surface area contributed by atoms with Gasteiger partial charge in [-0.2, -0.15) is 0 Å². The van der Waals surface area contributed by atoms with Crippen molar-refractivity contribution in [3.8, 4) is 0 Å². The molecule has 0 aromatic heterocycles. The lowest BCUT2D eigenvalue weighted by Crippen LogP contribution is -2.37. The second kappa shape index (κ2) is 9.94. The average molecular weight is 386 g/mol. The summed E-state index contributed by atoms with van der Waals surface area (Å²) in [6.07, 6.45) is -0.834. The minimum absolute atomic E-state index is 0.0631. The van der Waals surface area contributed by atoms with E-state index in [1.807, 2.05) is 6.92 Å². The number of carbonyl (C=O) groups excluding carboxylic acids is 4. The van der Waals surface area contributed by atoms with Crippen LogP contribution in [0.1, 0.15) is 47.5 Å². The van der Waals surface area contributed by atoms with Crippen molar-refractivity contribution < 1.29 is 42.9 Å². The lowest BCUT2D eigenvalue weighted by Gasteiger charge is -2.23. The molecule has 0 aromatic rings. The van der Waals surface area contributed by atoms with E-state index in [2.05, 4.69) is 4.74 Å². The number of ether oxygens (including phenoxy) is 5. The van der Waals surface area contributed by atoms with Crippen LogP contribution in [0.5, 0.6) is 0 Å². The number of unbranched alkanes of at least 4 members (excludes halogenated alkanes) is 1. The van der Waals surface area contributed by atoms with E-state index in [4.69, 9.17) is 18.9 Å². The van der Waals surface area contributed by atoms with Crippen LogP contribution in [0, 0.1) is 5.41 Å². The molecule has 0 fully saturated rings. The van der Waals surface area contributed by atoms with Gasteiger partial charge in [0, 0.05) is 6.92 Å². The Morgan fingerprint density at radius 1 is 1.30 bits per heavy atom. The third-order valence-corrected chi connectivity index (χ3v) is 3.45. The largest absolute Gasteiger partial charge is 0.490 e. The fourth-order valence-corrected chi connectivity index (χ4v) is 2.04. The molecule has 0 unspecified atom stereocenters. The molecule has 1 aliphatic rings. The Morgan fingerprint density at radius 3 is 2.48 bits per heavy atom. The van der Waals surface area contributed by atoms with Crippen LogP contribution >= 0.6 is 0 Å². The lowest BCUT2D eigenvalue weighted by atomic mass is 9.97. The smallest absolute Gasteiger partial charge is 0.379 e. The molecule has 0 spiro atoms. The second-order valence-electron chi connectivity index (χ2n) is 6.94. The first-order valence-electron chi connectivity index (χ1n) is 8.64. The van der Waals surface area contributed by atoms with Crippen molar-refractivity contribution in [2.75, 3.05) is 13.2 Å². The first kappa shape index (κ1) is 22.5. The summed E-state index contributed by atoms with van der Waals surface area (Å²) in [6.45, 7) is 8.05. The molecule has 9 nitrogen and oxygen atoms in total. The van der Waals surface area contributed by atoms with Gasteiger partial charge in [-0.25, -0.2) is 4.79 Å². The molecule has 152 valence electrons. The molecule has 27 heavy (non-hydrogen) atoms. The third-order valence-electron chi connectivity index (χ3n) is 3.45. The number of carbonyl (C=O) groups is 4. The molecule has 0 aliphatic carbocycles. The van der Waals surface area contributed by atoms with Crippen molar-refractivity contribution in [1.29, 1.82) is 0 Å². The third kappa shape index (κ3) is 6.58. The van der Waals surface area contributed by atoms with E-state index in [-0.39, 0.29) is 31.2 Å². The Morgan fingerprint density at radius 2 is 1.96 bits per heavy atom. The molecule has 1 heterocycles. The summed E-state index contributed by atoms with van der Waals surface area (Å²) in [5.41, 5.74) is -0.865. The van der Waals surface area contributed by atoms with Crippen LogP contribution in [0.15, 0.2) is 11.5 Å². The van der Waals surface area contributed by atoms with Crippen LogP contribution in [0.4, 0.5) is 0 Å². The summed E-state index contributed by atoms with van der Waals surface area (Å²) >= 11 is 0. The Hall–Kier alpha value is -2.58. The van der Waals surface area contributed by atoms with Gasteiger partial charge in [-0.05, 0) is 27.2 Å². The minimum Gasteiger partial charge on any atom is -0.490 e. The highest BCUT2D eigenvalue weighted by atomic mass is 16.7. The molecule has 1 aliphatic heterocycles. The Bertz CT molecular complexity index is 600. The topological polar surface area (TPSA) is 114 Å². The van der Waals surface area contributed by atoms with Gasteiger partial charge in [0.15, 0.2) is 11.9 Å². The Balaban J connectivity index is 3.19. The lowest BCUT2D eigenvalue weighted by molar-refractivity contribution is -0.167. The van der Waals surface area contributed by atoms with Crippen LogP contribution in [0.25, 0.3) is 0 Å². The van der Waals surface area contributed by atoms with Crippen molar-refractivity contribution >= 4 is 24.4 Å². The molecule has 1 rings (SSSR count). The van der Waals surface area contributed by atoms with Crippen molar-refractivity contribution in [1.82, 2.24) is 0 Å². The maximum Gasteiger partial charge on any atom is 0.379 e.